The molecule has 0 amide bonds. The number of aryl methyl sites for hydroxylation is 1. The number of hydrogen-bond donors (Lipinski definition) is 1. The molecule has 1 heterocycles. The number of rotatable bonds is 7. The molecule has 1 aromatic heterocycles. The third-order valence-corrected chi connectivity index (χ3v) is 2.91. The molecule has 0 saturated heterocycles. The van der Waals surface area contributed by atoms with Gasteiger partial charge in [-0.1, -0.05) is 6.42 Å². The van der Waals surface area contributed by atoms with Gasteiger partial charge >= 0.3 is 5.97 Å². The quantitative estimate of drug-likeness (QED) is 0.589. The van der Waals surface area contributed by atoms with Crippen LogP contribution in [0.4, 0.5) is 5.13 Å². The normalized spacial score (nSPS) is 10.3. The molecule has 16 heavy (non-hydrogen) atoms. The van der Waals surface area contributed by atoms with Crippen LogP contribution in [0.1, 0.15) is 38.3 Å². The van der Waals surface area contributed by atoms with Gasteiger partial charge in [0.1, 0.15) is 0 Å². The maximum Gasteiger partial charge on any atom is 0.305 e. The molecule has 1 aromatic rings. The Labute approximate surface area is 99.8 Å². The summed E-state index contributed by atoms with van der Waals surface area (Å²) in [6.45, 7) is 2.29. The zero-order valence-electron chi connectivity index (χ0n) is 9.57. The van der Waals surface area contributed by atoms with Gasteiger partial charge in [0.05, 0.1) is 12.3 Å². The third-order valence-electron chi connectivity index (χ3n) is 2.19. The Hall–Kier alpha value is -1.10. The standard InChI is InChI=1S/C11H18N2O2S/c1-2-15-10(14)7-5-3-4-6-9-8-16-11(12)13-9/h8H,2-7H2,1H3,(H2,12,13). The Morgan fingerprint density at radius 2 is 2.31 bits per heavy atom. The number of carbonyl (C=O) groups excluding carboxylic acids is 1. The van der Waals surface area contributed by atoms with Gasteiger partial charge in [-0.2, -0.15) is 0 Å². The molecule has 1 rings (SSSR count). The average molecular weight is 242 g/mol. The molecule has 0 atom stereocenters. The van der Waals surface area contributed by atoms with Gasteiger partial charge in [-0.25, -0.2) is 4.98 Å². The molecule has 0 bridgehead atoms. The Bertz CT molecular complexity index is 326. The fourth-order valence-corrected chi connectivity index (χ4v) is 2.02. The highest BCUT2D eigenvalue weighted by atomic mass is 32.1. The van der Waals surface area contributed by atoms with Crippen molar-refractivity contribution < 1.29 is 9.53 Å². The molecular weight excluding hydrogens is 224 g/mol. The van der Waals surface area contributed by atoms with Crippen molar-refractivity contribution in [1.29, 1.82) is 0 Å². The second-order valence-corrected chi connectivity index (χ2v) is 4.43. The Kier molecular flexibility index (Phi) is 5.85. The summed E-state index contributed by atoms with van der Waals surface area (Å²) < 4.78 is 4.84. The second kappa shape index (κ2) is 7.22. The molecule has 0 fully saturated rings. The molecule has 2 N–H and O–H groups in total. The second-order valence-electron chi connectivity index (χ2n) is 3.54. The molecule has 90 valence electrons. The van der Waals surface area contributed by atoms with E-state index in [0.717, 1.165) is 31.4 Å². The highest BCUT2D eigenvalue weighted by Gasteiger charge is 2.02. The molecule has 0 aliphatic heterocycles. The number of carbonyl (C=O) groups is 1. The monoisotopic (exact) mass is 242 g/mol. The first-order chi connectivity index (χ1) is 7.72. The molecule has 0 aromatic carbocycles. The first kappa shape index (κ1) is 13.0. The van der Waals surface area contributed by atoms with Gasteiger partial charge in [0, 0.05) is 11.8 Å². The zero-order valence-corrected chi connectivity index (χ0v) is 10.4. The van der Waals surface area contributed by atoms with Gasteiger partial charge < -0.3 is 10.5 Å². The van der Waals surface area contributed by atoms with Crippen LogP contribution >= 0.6 is 11.3 Å². The number of nitrogen functional groups attached to an aromatic ring is 1. The van der Waals surface area contributed by atoms with Crippen LogP contribution in [0.5, 0.6) is 0 Å². The Morgan fingerprint density at radius 1 is 1.50 bits per heavy atom. The number of nitrogens with two attached hydrogens (primary N) is 1. The lowest BCUT2D eigenvalue weighted by Crippen LogP contribution is -2.03. The van der Waals surface area contributed by atoms with E-state index in [-0.39, 0.29) is 5.97 Å². The van der Waals surface area contributed by atoms with Crippen molar-refractivity contribution in [2.45, 2.75) is 39.0 Å². The minimum absolute atomic E-state index is 0.0968. The summed E-state index contributed by atoms with van der Waals surface area (Å²) >= 11 is 1.47. The molecule has 5 heteroatoms. The summed E-state index contributed by atoms with van der Waals surface area (Å²) in [6.07, 6.45) is 4.42. The van der Waals surface area contributed by atoms with Crippen molar-refractivity contribution in [3.63, 3.8) is 0 Å². The van der Waals surface area contributed by atoms with Crippen LogP contribution < -0.4 is 5.73 Å². The summed E-state index contributed by atoms with van der Waals surface area (Å²) in [4.78, 5) is 15.2. The summed E-state index contributed by atoms with van der Waals surface area (Å²) in [7, 11) is 0. The lowest BCUT2D eigenvalue weighted by atomic mass is 10.1. The Morgan fingerprint density at radius 3 is 2.94 bits per heavy atom. The maximum atomic E-state index is 11.0. The van der Waals surface area contributed by atoms with Crippen LogP contribution in [0, 0.1) is 0 Å². The Balaban J connectivity index is 2.02. The number of unbranched alkanes of at least 4 members (excludes halogenated alkanes) is 2. The van der Waals surface area contributed by atoms with Crippen LogP contribution in [0.3, 0.4) is 0 Å². The van der Waals surface area contributed by atoms with E-state index in [2.05, 4.69) is 4.98 Å². The minimum atomic E-state index is -0.0968. The van der Waals surface area contributed by atoms with E-state index < -0.39 is 0 Å². The zero-order chi connectivity index (χ0) is 11.8. The van der Waals surface area contributed by atoms with Crippen molar-refractivity contribution >= 4 is 22.4 Å². The third kappa shape index (κ3) is 5.11. The molecule has 0 aliphatic rings. The first-order valence-electron chi connectivity index (χ1n) is 5.58. The van der Waals surface area contributed by atoms with E-state index in [4.69, 9.17) is 10.5 Å². The number of hydrogen-bond acceptors (Lipinski definition) is 5. The van der Waals surface area contributed by atoms with Crippen molar-refractivity contribution in [3.8, 4) is 0 Å². The lowest BCUT2D eigenvalue weighted by molar-refractivity contribution is -0.143. The summed E-state index contributed by atoms with van der Waals surface area (Å²) in [5.74, 6) is -0.0968. The molecule has 4 nitrogen and oxygen atoms in total. The maximum absolute atomic E-state index is 11.0. The fourth-order valence-electron chi connectivity index (χ4n) is 1.42. The summed E-state index contributed by atoms with van der Waals surface area (Å²) in [5.41, 5.74) is 6.58. The van der Waals surface area contributed by atoms with Crippen molar-refractivity contribution in [2.75, 3.05) is 12.3 Å². The molecule has 0 radical (unpaired) electrons. The van der Waals surface area contributed by atoms with Gasteiger partial charge in [-0.3, -0.25) is 4.79 Å². The van der Waals surface area contributed by atoms with Gasteiger partial charge in [-0.15, -0.1) is 11.3 Å². The predicted octanol–water partition coefficient (Wildman–Crippen LogP) is 2.39. The first-order valence-corrected chi connectivity index (χ1v) is 6.46. The highest BCUT2D eigenvalue weighted by Crippen LogP contribution is 2.14. The van der Waals surface area contributed by atoms with Gasteiger partial charge in [0.2, 0.25) is 0 Å². The number of esters is 1. The van der Waals surface area contributed by atoms with E-state index in [1.807, 2.05) is 12.3 Å². The van der Waals surface area contributed by atoms with Crippen molar-refractivity contribution in [1.82, 2.24) is 4.98 Å². The summed E-state index contributed by atoms with van der Waals surface area (Å²) in [5, 5.41) is 2.61. The molecular formula is C11H18N2O2S. The smallest absolute Gasteiger partial charge is 0.305 e. The van der Waals surface area contributed by atoms with Crippen LogP contribution in [0.2, 0.25) is 0 Å². The van der Waals surface area contributed by atoms with Crippen LogP contribution in [0.15, 0.2) is 5.38 Å². The number of ether oxygens (including phenoxy) is 1. The van der Waals surface area contributed by atoms with E-state index in [9.17, 15) is 4.79 Å². The number of thiazole rings is 1. The van der Waals surface area contributed by atoms with E-state index >= 15 is 0 Å². The van der Waals surface area contributed by atoms with Crippen LogP contribution in [-0.2, 0) is 16.0 Å². The topological polar surface area (TPSA) is 65.2 Å². The molecule has 0 spiro atoms. The van der Waals surface area contributed by atoms with Crippen LogP contribution in [0.25, 0.3) is 0 Å². The number of anilines is 1. The van der Waals surface area contributed by atoms with Crippen LogP contribution in [-0.4, -0.2) is 17.6 Å². The molecule has 0 aliphatic carbocycles. The SMILES string of the molecule is CCOC(=O)CCCCCc1csc(N)n1. The van der Waals surface area contributed by atoms with Gasteiger partial charge in [-0.05, 0) is 26.2 Å². The summed E-state index contributed by atoms with van der Waals surface area (Å²) in [6, 6.07) is 0. The predicted molar refractivity (Wildman–Crippen MR) is 65.3 cm³/mol. The fraction of sp³-hybridized carbons (Fsp3) is 0.636. The number of nitrogens with zero attached hydrogens (tertiary/aromatic N) is 1. The van der Waals surface area contributed by atoms with Crippen molar-refractivity contribution in [3.05, 3.63) is 11.1 Å². The van der Waals surface area contributed by atoms with E-state index in [1.165, 1.54) is 11.3 Å². The largest absolute Gasteiger partial charge is 0.466 e. The molecule has 0 saturated carbocycles. The van der Waals surface area contributed by atoms with E-state index in [1.54, 1.807) is 0 Å². The van der Waals surface area contributed by atoms with E-state index in [0.29, 0.717) is 18.2 Å². The van der Waals surface area contributed by atoms with Gasteiger partial charge in [0.15, 0.2) is 5.13 Å². The average Bonchev–Trinajstić information content (AvgIpc) is 2.64. The highest BCUT2D eigenvalue weighted by molar-refractivity contribution is 7.13. The lowest BCUT2D eigenvalue weighted by Gasteiger charge is -2.01. The minimum Gasteiger partial charge on any atom is -0.466 e. The number of aromatic nitrogens is 1. The van der Waals surface area contributed by atoms with Gasteiger partial charge in [0.25, 0.3) is 0 Å². The van der Waals surface area contributed by atoms with Crippen molar-refractivity contribution in [2.24, 2.45) is 0 Å². The molecule has 0 unspecified atom stereocenters.